The smallest absolute Gasteiger partial charge is 0.229 e. The number of carbonyl (C=O) groups is 1. The number of hydrogen-bond donors (Lipinski definition) is 3. The Morgan fingerprint density at radius 2 is 1.88 bits per heavy atom. The van der Waals surface area contributed by atoms with Gasteiger partial charge in [-0.2, -0.15) is 10.1 Å². The first-order valence-corrected chi connectivity index (χ1v) is 10.8. The number of carbonyl (C=O) groups excluding carboxylic acids is 1. The van der Waals surface area contributed by atoms with Crippen LogP contribution in [0.5, 0.6) is 0 Å². The summed E-state index contributed by atoms with van der Waals surface area (Å²) >= 11 is 0. The second kappa shape index (κ2) is 8.45. The van der Waals surface area contributed by atoms with Crippen LogP contribution in [0.25, 0.3) is 0 Å². The molecule has 5 rings (SSSR count). The van der Waals surface area contributed by atoms with E-state index in [1.165, 1.54) is 0 Å². The minimum Gasteiger partial charge on any atom is -0.368 e. The van der Waals surface area contributed by atoms with E-state index in [1.807, 2.05) is 35.2 Å². The molecule has 3 heterocycles. The van der Waals surface area contributed by atoms with Gasteiger partial charge in [0.25, 0.3) is 0 Å². The molecule has 1 saturated heterocycles. The number of nitrogens with zero attached hydrogens (tertiary/aromatic N) is 5. The van der Waals surface area contributed by atoms with E-state index in [0.717, 1.165) is 62.3 Å². The fourth-order valence-corrected chi connectivity index (χ4v) is 3.80. The highest BCUT2D eigenvalue weighted by Gasteiger charge is 2.25. The molecule has 166 valence electrons. The molecule has 1 saturated carbocycles. The Hall–Kier alpha value is -3.69. The summed E-state index contributed by atoms with van der Waals surface area (Å²) in [5, 5.41) is 13.2. The molecule has 9 nitrogen and oxygen atoms in total. The van der Waals surface area contributed by atoms with E-state index in [2.05, 4.69) is 35.7 Å². The van der Waals surface area contributed by atoms with E-state index in [1.54, 1.807) is 6.92 Å². The van der Waals surface area contributed by atoms with E-state index >= 15 is 0 Å². The average molecular weight is 436 g/mol. The second-order valence-corrected chi connectivity index (χ2v) is 8.16. The van der Waals surface area contributed by atoms with Crippen LogP contribution in [-0.2, 0) is 4.79 Å². The Bertz CT molecular complexity index is 1100. The van der Waals surface area contributed by atoms with Crippen molar-refractivity contribution in [3.05, 3.63) is 48.0 Å². The second-order valence-electron chi connectivity index (χ2n) is 8.16. The van der Waals surface area contributed by atoms with E-state index < -0.39 is 5.82 Å². The lowest BCUT2D eigenvalue weighted by atomic mass is 10.2. The maximum absolute atomic E-state index is 14.2. The van der Waals surface area contributed by atoms with Gasteiger partial charge in [0.05, 0.1) is 6.20 Å². The predicted octanol–water partition coefficient (Wildman–Crippen LogP) is 3.37. The number of piperazine rings is 1. The summed E-state index contributed by atoms with van der Waals surface area (Å²) in [6.07, 6.45) is 3.45. The Balaban J connectivity index is 1.23. The Morgan fingerprint density at radius 1 is 1.12 bits per heavy atom. The summed E-state index contributed by atoms with van der Waals surface area (Å²) in [5.74, 6) is 0.988. The van der Waals surface area contributed by atoms with E-state index in [-0.39, 0.29) is 17.7 Å². The van der Waals surface area contributed by atoms with Gasteiger partial charge in [-0.1, -0.05) is 0 Å². The lowest BCUT2D eigenvalue weighted by Gasteiger charge is -2.35. The molecule has 3 aromatic rings. The zero-order valence-corrected chi connectivity index (χ0v) is 17.8. The molecule has 0 unspecified atom stereocenters. The average Bonchev–Trinajstić information content (AvgIpc) is 3.55. The van der Waals surface area contributed by atoms with Crippen molar-refractivity contribution in [2.24, 2.45) is 0 Å². The summed E-state index contributed by atoms with van der Waals surface area (Å²) in [7, 11) is 0. The Kier molecular flexibility index (Phi) is 5.34. The van der Waals surface area contributed by atoms with Gasteiger partial charge in [0.1, 0.15) is 0 Å². The fourth-order valence-electron chi connectivity index (χ4n) is 3.80. The van der Waals surface area contributed by atoms with Crippen LogP contribution in [0.4, 0.5) is 33.3 Å². The van der Waals surface area contributed by atoms with E-state index in [9.17, 15) is 9.18 Å². The minimum atomic E-state index is -0.549. The Labute approximate surface area is 185 Å². The van der Waals surface area contributed by atoms with Gasteiger partial charge in [-0.25, -0.2) is 9.37 Å². The number of amides is 1. The zero-order valence-electron chi connectivity index (χ0n) is 17.8. The normalized spacial score (nSPS) is 16.2. The number of hydrogen-bond acceptors (Lipinski definition) is 7. The highest BCUT2D eigenvalue weighted by atomic mass is 19.1. The summed E-state index contributed by atoms with van der Waals surface area (Å²) in [6, 6.07) is 9.78. The molecule has 2 fully saturated rings. The van der Waals surface area contributed by atoms with Crippen molar-refractivity contribution in [2.75, 3.05) is 41.7 Å². The largest absolute Gasteiger partial charge is 0.368 e. The molecular formula is C22H25FN8O. The monoisotopic (exact) mass is 436 g/mol. The molecule has 0 radical (unpaired) electrons. The lowest BCUT2D eigenvalue weighted by molar-refractivity contribution is -0.129. The molecule has 1 aliphatic heterocycles. The van der Waals surface area contributed by atoms with Crippen LogP contribution in [0.15, 0.2) is 36.5 Å². The van der Waals surface area contributed by atoms with Crippen LogP contribution in [0.3, 0.4) is 0 Å². The molecule has 1 aliphatic carbocycles. The van der Waals surface area contributed by atoms with Gasteiger partial charge in [0, 0.05) is 62.2 Å². The van der Waals surface area contributed by atoms with Gasteiger partial charge in [0.2, 0.25) is 11.9 Å². The molecule has 10 heteroatoms. The number of aromatic amines is 1. The third-order valence-corrected chi connectivity index (χ3v) is 5.82. The molecule has 0 bridgehead atoms. The lowest BCUT2D eigenvalue weighted by Crippen LogP contribution is -2.48. The van der Waals surface area contributed by atoms with Gasteiger partial charge < -0.3 is 20.4 Å². The van der Waals surface area contributed by atoms with Gasteiger partial charge in [-0.15, -0.1) is 0 Å². The SMILES string of the molecule is CC(=O)N1CCN(c2ccc(Nc3ncc(F)c(Nc4cc(C5CC5)[nH]n4)n3)cc2)CC1. The first-order valence-electron chi connectivity index (χ1n) is 10.8. The first-order chi connectivity index (χ1) is 15.5. The van der Waals surface area contributed by atoms with Crippen LogP contribution in [0, 0.1) is 5.82 Å². The fraction of sp³-hybridized carbons (Fsp3) is 0.364. The first kappa shape index (κ1) is 20.2. The van der Waals surface area contributed by atoms with Crippen molar-refractivity contribution in [2.45, 2.75) is 25.7 Å². The number of nitrogens with one attached hydrogen (secondary N) is 3. The van der Waals surface area contributed by atoms with Gasteiger partial charge in [-0.3, -0.25) is 9.89 Å². The van der Waals surface area contributed by atoms with Crippen molar-refractivity contribution >= 4 is 34.9 Å². The maximum Gasteiger partial charge on any atom is 0.229 e. The molecule has 2 aliphatic rings. The predicted molar refractivity (Wildman–Crippen MR) is 120 cm³/mol. The van der Waals surface area contributed by atoms with Gasteiger partial charge in [-0.05, 0) is 37.1 Å². The van der Waals surface area contributed by atoms with E-state index in [4.69, 9.17) is 0 Å². The Morgan fingerprint density at radius 3 is 2.56 bits per heavy atom. The van der Waals surface area contributed by atoms with Crippen molar-refractivity contribution < 1.29 is 9.18 Å². The molecule has 0 spiro atoms. The van der Waals surface area contributed by atoms with E-state index in [0.29, 0.717) is 11.7 Å². The number of aromatic nitrogens is 4. The van der Waals surface area contributed by atoms with Gasteiger partial charge in [0.15, 0.2) is 17.5 Å². The van der Waals surface area contributed by atoms with Crippen molar-refractivity contribution in [3.63, 3.8) is 0 Å². The minimum absolute atomic E-state index is 0.0660. The third-order valence-electron chi connectivity index (χ3n) is 5.82. The molecule has 2 aromatic heterocycles. The van der Waals surface area contributed by atoms with Crippen LogP contribution < -0.4 is 15.5 Å². The summed E-state index contributed by atoms with van der Waals surface area (Å²) in [6.45, 7) is 4.67. The standard InChI is InChI=1S/C22H25FN8O/c1-14(32)30-8-10-31(11-9-30)17-6-4-16(5-7-17)25-22-24-13-18(23)21(27-22)26-20-12-19(28-29-20)15-2-3-15/h4-7,12-13,15H,2-3,8-11H2,1H3,(H3,24,25,26,27,28,29). The topological polar surface area (TPSA) is 102 Å². The highest BCUT2D eigenvalue weighted by molar-refractivity contribution is 5.73. The quantitative estimate of drug-likeness (QED) is 0.544. The number of benzene rings is 1. The maximum atomic E-state index is 14.2. The number of H-pyrrole nitrogens is 1. The number of halogens is 1. The van der Waals surface area contributed by atoms with Crippen molar-refractivity contribution in [1.29, 1.82) is 0 Å². The van der Waals surface area contributed by atoms with Crippen LogP contribution in [-0.4, -0.2) is 57.2 Å². The van der Waals surface area contributed by atoms with Crippen LogP contribution >= 0.6 is 0 Å². The highest BCUT2D eigenvalue weighted by Crippen LogP contribution is 2.39. The molecule has 32 heavy (non-hydrogen) atoms. The summed E-state index contributed by atoms with van der Waals surface area (Å²) in [4.78, 5) is 23.9. The molecule has 0 atom stereocenters. The number of rotatable bonds is 6. The molecule has 3 N–H and O–H groups in total. The molecule has 1 aromatic carbocycles. The summed E-state index contributed by atoms with van der Waals surface area (Å²) < 4.78 is 14.2. The third kappa shape index (κ3) is 4.48. The zero-order chi connectivity index (χ0) is 22.1. The van der Waals surface area contributed by atoms with Crippen LogP contribution in [0.1, 0.15) is 31.4 Å². The molecular weight excluding hydrogens is 411 g/mol. The van der Waals surface area contributed by atoms with Gasteiger partial charge >= 0.3 is 0 Å². The van der Waals surface area contributed by atoms with Crippen molar-refractivity contribution in [3.8, 4) is 0 Å². The summed E-state index contributed by atoms with van der Waals surface area (Å²) in [5.41, 5.74) is 2.94. The molecule has 1 amide bonds. The van der Waals surface area contributed by atoms with Crippen molar-refractivity contribution in [1.82, 2.24) is 25.1 Å². The number of anilines is 5. The van der Waals surface area contributed by atoms with Crippen LogP contribution in [0.2, 0.25) is 0 Å².